The van der Waals surface area contributed by atoms with Crippen molar-refractivity contribution in [3.8, 4) is 0 Å². The van der Waals surface area contributed by atoms with Gasteiger partial charge in [0, 0.05) is 16.5 Å². The molecule has 0 spiro atoms. The minimum absolute atomic E-state index is 0.249. The van der Waals surface area contributed by atoms with Gasteiger partial charge in [-0.05, 0) is 56.1 Å². The Kier molecular flexibility index (Phi) is 3.47. The van der Waals surface area contributed by atoms with Crippen molar-refractivity contribution in [2.75, 3.05) is 0 Å². The van der Waals surface area contributed by atoms with E-state index in [0.717, 1.165) is 23.9 Å². The van der Waals surface area contributed by atoms with E-state index < -0.39 is 10.9 Å². The molecular formula is C17H22N2O2S. The molecule has 0 radical (unpaired) electrons. The smallest absolute Gasteiger partial charge is 0.0992 e. The van der Waals surface area contributed by atoms with Gasteiger partial charge in [-0.3, -0.25) is 0 Å². The van der Waals surface area contributed by atoms with Crippen molar-refractivity contribution in [1.82, 2.24) is 9.38 Å². The third-order valence-electron chi connectivity index (χ3n) is 5.29. The fourth-order valence-corrected chi connectivity index (χ4v) is 4.11. The first-order chi connectivity index (χ1) is 10.6. The van der Waals surface area contributed by atoms with Crippen molar-refractivity contribution in [3.05, 3.63) is 35.9 Å². The molecule has 0 bridgehead atoms. The van der Waals surface area contributed by atoms with Crippen LogP contribution in [0, 0.1) is 0 Å². The zero-order valence-corrected chi connectivity index (χ0v) is 13.4. The van der Waals surface area contributed by atoms with Crippen LogP contribution in [0.3, 0.4) is 0 Å². The molecule has 118 valence electrons. The first kappa shape index (κ1) is 14.5. The average Bonchev–Trinajstić information content (AvgIpc) is 3.26. The number of aliphatic hydroxyl groups is 2. The molecule has 0 unspecified atom stereocenters. The second-order valence-electron chi connectivity index (χ2n) is 6.88. The van der Waals surface area contributed by atoms with Crippen molar-refractivity contribution in [2.24, 2.45) is 0 Å². The average molecular weight is 318 g/mol. The number of hydrogen-bond acceptors (Lipinski definition) is 4. The molecule has 2 fully saturated rings. The highest BCUT2D eigenvalue weighted by Gasteiger charge is 2.41. The van der Waals surface area contributed by atoms with Crippen molar-refractivity contribution in [3.63, 3.8) is 0 Å². The van der Waals surface area contributed by atoms with E-state index in [4.69, 9.17) is 12.6 Å². The summed E-state index contributed by atoms with van der Waals surface area (Å²) in [6.07, 6.45) is 10.0. The fraction of sp³-hybridized carbons (Fsp3) is 0.588. The van der Waals surface area contributed by atoms with Gasteiger partial charge in [0.1, 0.15) is 0 Å². The van der Waals surface area contributed by atoms with Crippen LogP contribution in [0.1, 0.15) is 61.7 Å². The summed E-state index contributed by atoms with van der Waals surface area (Å²) in [7, 11) is 0. The molecule has 2 saturated carbocycles. The molecule has 2 heterocycles. The van der Waals surface area contributed by atoms with Gasteiger partial charge in [-0.2, -0.15) is 12.6 Å². The largest absolute Gasteiger partial charge is 0.393 e. The summed E-state index contributed by atoms with van der Waals surface area (Å²) in [5.74, 6) is 0.565. The molecule has 2 aromatic heterocycles. The van der Waals surface area contributed by atoms with Crippen LogP contribution >= 0.6 is 12.6 Å². The Balaban J connectivity index is 1.78. The van der Waals surface area contributed by atoms with Crippen LogP contribution in [0.15, 0.2) is 24.8 Å². The molecule has 2 N–H and O–H groups in total. The maximum atomic E-state index is 11.2. The Bertz CT molecular complexity index is 687. The normalized spacial score (nSPS) is 30.6. The lowest BCUT2D eigenvalue weighted by Crippen LogP contribution is -2.37. The van der Waals surface area contributed by atoms with Gasteiger partial charge >= 0.3 is 0 Å². The lowest BCUT2D eigenvalue weighted by atomic mass is 9.79. The Labute approximate surface area is 135 Å². The number of imidazole rings is 1. The van der Waals surface area contributed by atoms with Crippen LogP contribution in [0.2, 0.25) is 0 Å². The summed E-state index contributed by atoms with van der Waals surface area (Å²) < 4.78 is 1.51. The highest BCUT2D eigenvalue weighted by Crippen LogP contribution is 2.49. The minimum Gasteiger partial charge on any atom is -0.393 e. The summed E-state index contributed by atoms with van der Waals surface area (Å²) >= 11 is 4.85. The summed E-state index contributed by atoms with van der Waals surface area (Å²) in [6.45, 7) is 0. The molecule has 2 aromatic rings. The van der Waals surface area contributed by atoms with Crippen LogP contribution in [0.25, 0.3) is 5.52 Å². The number of hydrogen-bond donors (Lipinski definition) is 3. The molecule has 4 nitrogen and oxygen atoms in total. The van der Waals surface area contributed by atoms with Crippen LogP contribution in [0.5, 0.6) is 0 Å². The Morgan fingerprint density at radius 3 is 2.68 bits per heavy atom. The second kappa shape index (κ2) is 5.25. The van der Waals surface area contributed by atoms with E-state index in [-0.39, 0.29) is 6.10 Å². The van der Waals surface area contributed by atoms with Crippen molar-refractivity contribution in [1.29, 1.82) is 0 Å². The maximum Gasteiger partial charge on any atom is 0.0992 e. The molecule has 5 heteroatoms. The summed E-state index contributed by atoms with van der Waals surface area (Å²) in [6, 6.07) is 2.12. The third-order valence-corrected chi connectivity index (χ3v) is 5.98. The molecule has 0 amide bonds. The monoisotopic (exact) mass is 318 g/mol. The number of aromatic nitrogens is 2. The number of aliphatic hydroxyl groups excluding tert-OH is 2. The van der Waals surface area contributed by atoms with E-state index in [1.54, 1.807) is 6.33 Å². The van der Waals surface area contributed by atoms with Crippen LogP contribution in [-0.2, 0) is 0 Å². The zero-order valence-electron chi connectivity index (χ0n) is 12.5. The van der Waals surface area contributed by atoms with E-state index >= 15 is 0 Å². The molecule has 2 aliphatic carbocycles. The molecular weight excluding hydrogens is 296 g/mol. The topological polar surface area (TPSA) is 57.8 Å². The second-order valence-corrected chi connectivity index (χ2v) is 7.77. The standard InChI is InChI=1S/C17H22N2O2S/c20-12-3-6-17(22,7-4-12)16(21)15-13(11-1-2-11)5-8-19-10-18-9-14(15)19/h5,8-12,16,20-22H,1-4,6-7H2/t12?,16-,17?/m1/s1. The van der Waals surface area contributed by atoms with Crippen LogP contribution in [0.4, 0.5) is 0 Å². The van der Waals surface area contributed by atoms with E-state index in [1.165, 1.54) is 18.4 Å². The van der Waals surface area contributed by atoms with Crippen molar-refractivity contribution >= 4 is 18.1 Å². The van der Waals surface area contributed by atoms with Gasteiger partial charge in [0.15, 0.2) is 0 Å². The number of fused-ring (bicyclic) bond motifs is 1. The van der Waals surface area contributed by atoms with E-state index in [0.29, 0.717) is 18.8 Å². The third kappa shape index (κ3) is 2.36. The lowest BCUT2D eigenvalue weighted by molar-refractivity contribution is 0.0604. The van der Waals surface area contributed by atoms with E-state index in [1.807, 2.05) is 16.8 Å². The first-order valence-electron chi connectivity index (χ1n) is 8.11. The van der Waals surface area contributed by atoms with Gasteiger partial charge in [0.25, 0.3) is 0 Å². The van der Waals surface area contributed by atoms with Crippen molar-refractivity contribution < 1.29 is 10.2 Å². The molecule has 1 atom stereocenters. The molecule has 0 saturated heterocycles. The number of nitrogens with zero attached hydrogens (tertiary/aromatic N) is 2. The van der Waals surface area contributed by atoms with Gasteiger partial charge in [0.2, 0.25) is 0 Å². The first-order valence-corrected chi connectivity index (χ1v) is 8.56. The quantitative estimate of drug-likeness (QED) is 0.763. The van der Waals surface area contributed by atoms with Crippen LogP contribution < -0.4 is 0 Å². The maximum absolute atomic E-state index is 11.2. The van der Waals surface area contributed by atoms with Gasteiger partial charge in [-0.1, -0.05) is 0 Å². The van der Waals surface area contributed by atoms with Gasteiger partial charge < -0.3 is 14.6 Å². The van der Waals surface area contributed by atoms with Crippen LogP contribution in [-0.4, -0.2) is 30.4 Å². The lowest BCUT2D eigenvalue weighted by Gasteiger charge is -2.39. The van der Waals surface area contributed by atoms with E-state index in [9.17, 15) is 10.2 Å². The predicted octanol–water partition coefficient (Wildman–Crippen LogP) is 2.85. The Hall–Kier alpha value is -1.04. The Morgan fingerprint density at radius 1 is 1.27 bits per heavy atom. The molecule has 0 aromatic carbocycles. The van der Waals surface area contributed by atoms with Gasteiger partial charge in [-0.25, -0.2) is 4.98 Å². The molecule has 2 aliphatic rings. The number of thiol groups is 1. The number of rotatable bonds is 3. The van der Waals surface area contributed by atoms with Gasteiger partial charge in [0.05, 0.1) is 30.2 Å². The summed E-state index contributed by atoms with van der Waals surface area (Å²) in [5.41, 5.74) is 3.23. The minimum atomic E-state index is -0.626. The molecule has 22 heavy (non-hydrogen) atoms. The highest BCUT2D eigenvalue weighted by atomic mass is 32.1. The fourth-order valence-electron chi connectivity index (χ4n) is 3.72. The molecule has 0 aliphatic heterocycles. The highest BCUT2D eigenvalue weighted by molar-refractivity contribution is 7.81. The van der Waals surface area contributed by atoms with Crippen molar-refractivity contribution in [2.45, 2.75) is 61.4 Å². The SMILES string of the molecule is OC1CCC(S)([C@H](O)c2c(C3CC3)ccn3cncc23)CC1. The summed E-state index contributed by atoms with van der Waals surface area (Å²) in [4.78, 5) is 4.23. The van der Waals surface area contributed by atoms with E-state index in [2.05, 4.69) is 11.1 Å². The Morgan fingerprint density at radius 2 is 2.00 bits per heavy atom. The zero-order chi connectivity index (χ0) is 15.3. The van der Waals surface area contributed by atoms with Gasteiger partial charge in [-0.15, -0.1) is 0 Å². The summed E-state index contributed by atoms with van der Waals surface area (Å²) in [5, 5.41) is 20.9. The molecule has 4 rings (SSSR count). The number of pyridine rings is 1. The predicted molar refractivity (Wildman–Crippen MR) is 88.3 cm³/mol.